The van der Waals surface area contributed by atoms with Gasteiger partial charge in [0, 0.05) is 12.6 Å². The Morgan fingerprint density at radius 3 is 2.48 bits per heavy atom. The molecular formula is C20H18F3NO3. The number of ether oxygens (including phenoxy) is 1. The molecular weight excluding hydrogens is 359 g/mol. The molecule has 0 aliphatic heterocycles. The summed E-state index contributed by atoms with van der Waals surface area (Å²) in [5, 5.41) is 2.64. The Morgan fingerprint density at radius 1 is 1.11 bits per heavy atom. The van der Waals surface area contributed by atoms with Crippen molar-refractivity contribution in [3.05, 3.63) is 77.4 Å². The van der Waals surface area contributed by atoms with Crippen molar-refractivity contribution in [2.45, 2.75) is 25.7 Å². The van der Waals surface area contributed by atoms with Gasteiger partial charge in [-0.1, -0.05) is 42.5 Å². The fourth-order valence-electron chi connectivity index (χ4n) is 2.18. The van der Waals surface area contributed by atoms with Crippen LogP contribution in [0.1, 0.15) is 23.6 Å². The van der Waals surface area contributed by atoms with Gasteiger partial charge in [-0.25, -0.2) is 4.79 Å². The molecule has 0 aliphatic rings. The Hall–Kier alpha value is -3.09. The number of esters is 1. The minimum Gasteiger partial charge on any atom is -0.449 e. The number of nitrogens with one attached hydrogen (secondary N) is 1. The maximum atomic E-state index is 12.7. The van der Waals surface area contributed by atoms with Crippen molar-refractivity contribution in [3.63, 3.8) is 0 Å². The first kappa shape index (κ1) is 20.2. The number of halogens is 3. The van der Waals surface area contributed by atoms with Gasteiger partial charge in [0.1, 0.15) is 0 Å². The molecule has 0 spiro atoms. The Balaban J connectivity index is 1.87. The van der Waals surface area contributed by atoms with Crippen LogP contribution in [0.5, 0.6) is 0 Å². The molecule has 0 radical (unpaired) electrons. The SMILES string of the molecule is C[C@H](OC(=O)/C=C/c1cccc(C(F)(F)F)c1)C(=O)NCc1ccccc1. The van der Waals surface area contributed by atoms with Crippen molar-refractivity contribution >= 4 is 18.0 Å². The van der Waals surface area contributed by atoms with Crippen LogP contribution in [0.2, 0.25) is 0 Å². The highest BCUT2D eigenvalue weighted by Crippen LogP contribution is 2.29. The maximum Gasteiger partial charge on any atom is 0.416 e. The monoisotopic (exact) mass is 377 g/mol. The van der Waals surface area contributed by atoms with Gasteiger partial charge in [-0.05, 0) is 36.3 Å². The molecule has 1 atom stereocenters. The lowest BCUT2D eigenvalue weighted by Gasteiger charge is -2.12. The lowest BCUT2D eigenvalue weighted by Crippen LogP contribution is -2.35. The molecule has 0 aromatic heterocycles. The summed E-state index contributed by atoms with van der Waals surface area (Å²) in [5.41, 5.74) is 0.281. The normalized spacial score (nSPS) is 12.6. The van der Waals surface area contributed by atoms with Crippen LogP contribution >= 0.6 is 0 Å². The van der Waals surface area contributed by atoms with E-state index in [1.54, 1.807) is 0 Å². The third-order valence-electron chi connectivity index (χ3n) is 3.60. The number of hydrogen-bond donors (Lipinski definition) is 1. The van der Waals surface area contributed by atoms with Crippen LogP contribution in [0, 0.1) is 0 Å². The topological polar surface area (TPSA) is 55.4 Å². The van der Waals surface area contributed by atoms with Crippen LogP contribution in [0.3, 0.4) is 0 Å². The zero-order chi connectivity index (χ0) is 19.9. The summed E-state index contributed by atoms with van der Waals surface area (Å²) in [4.78, 5) is 23.7. The molecule has 27 heavy (non-hydrogen) atoms. The van der Waals surface area contributed by atoms with E-state index in [4.69, 9.17) is 4.74 Å². The van der Waals surface area contributed by atoms with Gasteiger partial charge in [-0.2, -0.15) is 13.2 Å². The van der Waals surface area contributed by atoms with Crippen LogP contribution in [-0.2, 0) is 27.0 Å². The molecule has 4 nitrogen and oxygen atoms in total. The van der Waals surface area contributed by atoms with Crippen molar-refractivity contribution in [3.8, 4) is 0 Å². The van der Waals surface area contributed by atoms with Crippen molar-refractivity contribution in [2.24, 2.45) is 0 Å². The number of hydrogen-bond acceptors (Lipinski definition) is 3. The van der Waals surface area contributed by atoms with Gasteiger partial charge in [0.05, 0.1) is 5.56 Å². The van der Waals surface area contributed by atoms with Crippen molar-refractivity contribution in [1.82, 2.24) is 5.32 Å². The summed E-state index contributed by atoms with van der Waals surface area (Å²) in [6, 6.07) is 13.7. The summed E-state index contributed by atoms with van der Waals surface area (Å²) >= 11 is 0. The Labute approximate surface area is 154 Å². The van der Waals surface area contributed by atoms with Crippen LogP contribution in [0.15, 0.2) is 60.7 Å². The summed E-state index contributed by atoms with van der Waals surface area (Å²) in [7, 11) is 0. The number of benzene rings is 2. The van der Waals surface area contributed by atoms with Crippen molar-refractivity contribution in [2.75, 3.05) is 0 Å². The van der Waals surface area contributed by atoms with Crippen LogP contribution in [0.4, 0.5) is 13.2 Å². The Morgan fingerprint density at radius 2 is 1.81 bits per heavy atom. The lowest BCUT2D eigenvalue weighted by molar-refractivity contribution is -0.150. The lowest BCUT2D eigenvalue weighted by atomic mass is 10.1. The first-order valence-electron chi connectivity index (χ1n) is 8.13. The van der Waals surface area contributed by atoms with Gasteiger partial charge < -0.3 is 10.1 Å². The zero-order valence-electron chi connectivity index (χ0n) is 14.5. The van der Waals surface area contributed by atoms with E-state index in [-0.39, 0.29) is 5.56 Å². The van der Waals surface area contributed by atoms with E-state index >= 15 is 0 Å². The van der Waals surface area contributed by atoms with E-state index in [0.29, 0.717) is 6.54 Å². The quantitative estimate of drug-likeness (QED) is 0.612. The fourth-order valence-corrected chi connectivity index (χ4v) is 2.18. The van der Waals surface area contributed by atoms with E-state index in [1.807, 2.05) is 30.3 Å². The summed E-state index contributed by atoms with van der Waals surface area (Å²) in [6.07, 6.45) is -3.31. The van der Waals surface area contributed by atoms with Gasteiger partial charge in [0.15, 0.2) is 6.10 Å². The number of alkyl halides is 3. The number of carbonyl (C=O) groups excluding carboxylic acids is 2. The maximum absolute atomic E-state index is 12.7. The van der Waals surface area contributed by atoms with E-state index in [2.05, 4.69) is 5.32 Å². The molecule has 0 bridgehead atoms. The minimum absolute atomic E-state index is 0.197. The summed E-state index contributed by atoms with van der Waals surface area (Å²) in [6.45, 7) is 1.71. The van der Waals surface area contributed by atoms with Crippen LogP contribution in [-0.4, -0.2) is 18.0 Å². The first-order chi connectivity index (χ1) is 12.8. The first-order valence-corrected chi connectivity index (χ1v) is 8.13. The number of carbonyl (C=O) groups is 2. The highest BCUT2D eigenvalue weighted by atomic mass is 19.4. The van der Waals surface area contributed by atoms with Gasteiger partial charge in [0.25, 0.3) is 5.91 Å². The Kier molecular flexibility index (Phi) is 6.76. The molecule has 0 fully saturated rings. The molecule has 1 N–H and O–H groups in total. The van der Waals surface area contributed by atoms with Gasteiger partial charge in [0.2, 0.25) is 0 Å². The molecule has 1 amide bonds. The zero-order valence-corrected chi connectivity index (χ0v) is 14.5. The third kappa shape index (κ3) is 6.62. The molecule has 2 aromatic rings. The molecule has 0 aliphatic carbocycles. The molecule has 7 heteroatoms. The van der Waals surface area contributed by atoms with Crippen LogP contribution < -0.4 is 5.32 Å². The molecule has 0 heterocycles. The highest BCUT2D eigenvalue weighted by Gasteiger charge is 2.30. The molecule has 142 valence electrons. The van der Waals surface area contributed by atoms with E-state index in [9.17, 15) is 22.8 Å². The molecule has 0 unspecified atom stereocenters. The standard InChI is InChI=1S/C20H18F3NO3/c1-14(19(26)24-13-16-6-3-2-4-7-16)27-18(25)11-10-15-8-5-9-17(12-15)20(21,22)23/h2-12,14H,13H2,1H3,(H,24,26)/b11-10+/t14-/m0/s1. The second-order valence-electron chi connectivity index (χ2n) is 5.74. The molecule has 2 aromatic carbocycles. The van der Waals surface area contributed by atoms with Gasteiger partial charge >= 0.3 is 12.1 Å². The molecule has 2 rings (SSSR count). The summed E-state index contributed by atoms with van der Waals surface area (Å²) < 4.78 is 42.9. The smallest absolute Gasteiger partial charge is 0.416 e. The molecule has 0 saturated heterocycles. The molecule has 0 saturated carbocycles. The predicted octanol–water partition coefficient (Wildman–Crippen LogP) is 3.97. The van der Waals surface area contributed by atoms with E-state index in [1.165, 1.54) is 25.1 Å². The average Bonchev–Trinajstić information content (AvgIpc) is 2.64. The van der Waals surface area contributed by atoms with Crippen LogP contribution in [0.25, 0.3) is 6.08 Å². The second-order valence-corrected chi connectivity index (χ2v) is 5.74. The number of amides is 1. The minimum atomic E-state index is -4.46. The van der Waals surface area contributed by atoms with E-state index in [0.717, 1.165) is 23.8 Å². The predicted molar refractivity (Wildman–Crippen MR) is 94.3 cm³/mol. The second kappa shape index (κ2) is 9.02. The number of rotatable bonds is 6. The van der Waals surface area contributed by atoms with Gasteiger partial charge in [-0.3, -0.25) is 4.79 Å². The van der Waals surface area contributed by atoms with Gasteiger partial charge in [-0.15, -0.1) is 0 Å². The third-order valence-corrected chi connectivity index (χ3v) is 3.60. The van der Waals surface area contributed by atoms with Crippen molar-refractivity contribution < 1.29 is 27.5 Å². The summed E-state index contributed by atoms with van der Waals surface area (Å²) in [5.74, 6) is -1.30. The van der Waals surface area contributed by atoms with Crippen molar-refractivity contribution in [1.29, 1.82) is 0 Å². The average molecular weight is 377 g/mol. The van der Waals surface area contributed by atoms with E-state index < -0.39 is 29.7 Å². The largest absolute Gasteiger partial charge is 0.449 e. The highest BCUT2D eigenvalue weighted by molar-refractivity contribution is 5.90. The Bertz CT molecular complexity index is 817. The fraction of sp³-hybridized carbons (Fsp3) is 0.200.